The number of nitrogens with zero attached hydrogens (tertiary/aromatic N) is 2. The number of carbonyl (C=O) groups excluding carboxylic acids is 1. The molecule has 2 N–H and O–H groups in total. The van der Waals surface area contributed by atoms with E-state index < -0.39 is 11.9 Å². The summed E-state index contributed by atoms with van der Waals surface area (Å²) >= 11 is 0. The fraction of sp³-hybridized carbons (Fsp3) is 0.417. The number of carbonyl (C=O) groups is 2. The van der Waals surface area contributed by atoms with Crippen LogP contribution in [0.5, 0.6) is 5.75 Å². The highest BCUT2D eigenvalue weighted by Crippen LogP contribution is 2.26. The highest BCUT2D eigenvalue weighted by Gasteiger charge is 2.37. The lowest BCUT2D eigenvalue weighted by molar-refractivity contribution is -0.142. The molecule has 0 unspecified atom stereocenters. The Hall–Kier alpha value is -2.11. The molecule has 0 radical (unpaired) electrons. The summed E-state index contributed by atoms with van der Waals surface area (Å²) in [5.74, 6) is -2.07. The van der Waals surface area contributed by atoms with Crippen LogP contribution < -0.4 is 0 Å². The molecule has 1 aromatic rings. The van der Waals surface area contributed by atoms with Crippen LogP contribution in [0.25, 0.3) is 0 Å². The van der Waals surface area contributed by atoms with Gasteiger partial charge in [-0.05, 0) is 12.0 Å². The standard InChI is InChI=1S/C12H14N2O4/c1-7-5-14(6-9(7)12(17)18)11(16)8-2-3-13-4-10(8)15/h2-4,7,9,15H,5-6H2,1H3,(H,17,18)/t7-,9-/m1/s1. The summed E-state index contributed by atoms with van der Waals surface area (Å²) in [6.45, 7) is 2.37. The van der Waals surface area contributed by atoms with E-state index in [1.54, 1.807) is 6.92 Å². The lowest BCUT2D eigenvalue weighted by Crippen LogP contribution is -2.30. The first kappa shape index (κ1) is 12.3. The lowest BCUT2D eigenvalue weighted by Gasteiger charge is -2.16. The molecule has 0 spiro atoms. The van der Waals surface area contributed by atoms with Gasteiger partial charge in [-0.25, -0.2) is 0 Å². The second kappa shape index (κ2) is 4.64. The van der Waals surface area contributed by atoms with E-state index in [-0.39, 0.29) is 29.7 Å². The Balaban J connectivity index is 2.17. The van der Waals surface area contributed by atoms with Crippen molar-refractivity contribution >= 4 is 11.9 Å². The summed E-state index contributed by atoms with van der Waals surface area (Å²) in [6, 6.07) is 1.43. The summed E-state index contributed by atoms with van der Waals surface area (Å²) in [7, 11) is 0. The van der Waals surface area contributed by atoms with Crippen molar-refractivity contribution in [3.05, 3.63) is 24.0 Å². The number of hydrogen-bond acceptors (Lipinski definition) is 4. The van der Waals surface area contributed by atoms with Crippen LogP contribution in [0.15, 0.2) is 18.5 Å². The van der Waals surface area contributed by atoms with E-state index in [0.29, 0.717) is 6.54 Å². The second-order valence-corrected chi connectivity index (χ2v) is 4.52. The topological polar surface area (TPSA) is 90.7 Å². The van der Waals surface area contributed by atoms with Crippen molar-refractivity contribution in [2.24, 2.45) is 11.8 Å². The zero-order valence-electron chi connectivity index (χ0n) is 9.91. The van der Waals surface area contributed by atoms with Crippen molar-refractivity contribution < 1.29 is 19.8 Å². The predicted octanol–water partition coefficient (Wildman–Crippen LogP) is 0.580. The maximum atomic E-state index is 12.1. The first-order chi connectivity index (χ1) is 8.50. The van der Waals surface area contributed by atoms with Crippen molar-refractivity contribution in [3.63, 3.8) is 0 Å². The molecule has 1 aliphatic heterocycles. The first-order valence-electron chi connectivity index (χ1n) is 5.65. The van der Waals surface area contributed by atoms with E-state index in [4.69, 9.17) is 5.11 Å². The number of likely N-dealkylation sites (tertiary alicyclic amines) is 1. The van der Waals surface area contributed by atoms with Crippen molar-refractivity contribution in [2.75, 3.05) is 13.1 Å². The predicted molar refractivity (Wildman–Crippen MR) is 62.1 cm³/mol. The maximum absolute atomic E-state index is 12.1. The molecule has 2 heterocycles. The van der Waals surface area contributed by atoms with Gasteiger partial charge in [0.05, 0.1) is 17.7 Å². The molecule has 0 aliphatic carbocycles. The lowest BCUT2D eigenvalue weighted by atomic mass is 9.99. The molecular formula is C12H14N2O4. The summed E-state index contributed by atoms with van der Waals surface area (Å²) in [5.41, 5.74) is 0.156. The van der Waals surface area contributed by atoms with Crippen LogP contribution in [0, 0.1) is 11.8 Å². The Labute approximate surface area is 104 Å². The van der Waals surface area contributed by atoms with Gasteiger partial charge in [-0.15, -0.1) is 0 Å². The van der Waals surface area contributed by atoms with Gasteiger partial charge in [0.15, 0.2) is 0 Å². The molecule has 96 valence electrons. The van der Waals surface area contributed by atoms with Crippen molar-refractivity contribution in [2.45, 2.75) is 6.92 Å². The SMILES string of the molecule is C[C@@H]1CN(C(=O)c2ccncc2O)C[C@H]1C(=O)O. The second-order valence-electron chi connectivity index (χ2n) is 4.52. The van der Waals surface area contributed by atoms with E-state index in [1.165, 1.54) is 23.4 Å². The number of carboxylic acids is 1. The van der Waals surface area contributed by atoms with Gasteiger partial charge in [0.1, 0.15) is 5.75 Å². The van der Waals surface area contributed by atoms with E-state index in [1.807, 2.05) is 0 Å². The van der Waals surface area contributed by atoms with Crippen molar-refractivity contribution in [1.82, 2.24) is 9.88 Å². The zero-order valence-corrected chi connectivity index (χ0v) is 9.91. The first-order valence-corrected chi connectivity index (χ1v) is 5.65. The number of hydrogen-bond donors (Lipinski definition) is 2. The number of carboxylic acid groups (broad SMARTS) is 1. The van der Waals surface area contributed by atoms with Gasteiger partial charge in [-0.1, -0.05) is 6.92 Å². The number of pyridine rings is 1. The molecule has 6 heteroatoms. The molecule has 0 saturated carbocycles. The van der Waals surface area contributed by atoms with Gasteiger partial charge < -0.3 is 15.1 Å². The Kier molecular flexibility index (Phi) is 3.18. The zero-order chi connectivity index (χ0) is 13.3. The Morgan fingerprint density at radius 1 is 1.44 bits per heavy atom. The molecule has 2 atom stereocenters. The fourth-order valence-corrected chi connectivity index (χ4v) is 2.19. The smallest absolute Gasteiger partial charge is 0.308 e. The maximum Gasteiger partial charge on any atom is 0.308 e. The molecule has 1 fully saturated rings. The highest BCUT2D eigenvalue weighted by molar-refractivity contribution is 5.97. The molecule has 0 aromatic carbocycles. The normalized spacial score (nSPS) is 23.1. The minimum Gasteiger partial charge on any atom is -0.505 e. The van der Waals surface area contributed by atoms with Gasteiger partial charge >= 0.3 is 5.97 Å². The van der Waals surface area contributed by atoms with Crippen molar-refractivity contribution in [3.8, 4) is 5.75 Å². The van der Waals surface area contributed by atoms with Crippen LogP contribution >= 0.6 is 0 Å². The van der Waals surface area contributed by atoms with Crippen molar-refractivity contribution in [1.29, 1.82) is 0 Å². The van der Waals surface area contributed by atoms with Crippen LogP contribution in [0.4, 0.5) is 0 Å². The Bertz CT molecular complexity index is 489. The average molecular weight is 250 g/mol. The van der Waals surface area contributed by atoms with Crippen LogP contribution in [0.2, 0.25) is 0 Å². The van der Waals surface area contributed by atoms with Crippen LogP contribution in [0.1, 0.15) is 17.3 Å². The number of amides is 1. The van der Waals surface area contributed by atoms with E-state index in [0.717, 1.165) is 0 Å². The van der Waals surface area contributed by atoms with Gasteiger partial charge in [-0.2, -0.15) is 0 Å². The number of rotatable bonds is 2. The third-order valence-electron chi connectivity index (χ3n) is 3.25. The molecule has 6 nitrogen and oxygen atoms in total. The monoisotopic (exact) mass is 250 g/mol. The molecule has 1 amide bonds. The Morgan fingerprint density at radius 2 is 2.17 bits per heavy atom. The molecule has 0 bridgehead atoms. The van der Waals surface area contributed by atoms with Crippen LogP contribution in [-0.2, 0) is 4.79 Å². The van der Waals surface area contributed by atoms with Gasteiger partial charge in [0, 0.05) is 19.3 Å². The van der Waals surface area contributed by atoms with Crippen LogP contribution in [0.3, 0.4) is 0 Å². The van der Waals surface area contributed by atoms with Gasteiger partial charge in [-0.3, -0.25) is 14.6 Å². The third-order valence-corrected chi connectivity index (χ3v) is 3.25. The van der Waals surface area contributed by atoms with E-state index in [9.17, 15) is 14.7 Å². The fourth-order valence-electron chi connectivity index (χ4n) is 2.19. The van der Waals surface area contributed by atoms with Crippen LogP contribution in [-0.4, -0.2) is 45.1 Å². The quantitative estimate of drug-likeness (QED) is 0.801. The molecule has 1 aliphatic rings. The van der Waals surface area contributed by atoms with E-state index >= 15 is 0 Å². The molecular weight excluding hydrogens is 236 g/mol. The van der Waals surface area contributed by atoms with E-state index in [2.05, 4.69) is 4.98 Å². The highest BCUT2D eigenvalue weighted by atomic mass is 16.4. The minimum atomic E-state index is -0.892. The number of aromatic hydroxyl groups is 1. The van der Waals surface area contributed by atoms with Gasteiger partial charge in [0.2, 0.25) is 0 Å². The largest absolute Gasteiger partial charge is 0.505 e. The molecule has 2 rings (SSSR count). The van der Waals surface area contributed by atoms with Gasteiger partial charge in [0.25, 0.3) is 5.91 Å². The molecule has 1 aromatic heterocycles. The number of aliphatic carboxylic acids is 1. The number of aromatic nitrogens is 1. The summed E-state index contributed by atoms with van der Waals surface area (Å²) < 4.78 is 0. The molecule has 18 heavy (non-hydrogen) atoms. The summed E-state index contributed by atoms with van der Waals surface area (Å²) in [6.07, 6.45) is 2.61. The molecule has 1 saturated heterocycles. The minimum absolute atomic E-state index is 0.0876. The average Bonchev–Trinajstić information content (AvgIpc) is 2.71. The summed E-state index contributed by atoms with van der Waals surface area (Å²) in [5, 5.41) is 18.6. The summed E-state index contributed by atoms with van der Waals surface area (Å²) in [4.78, 5) is 28.3. The third kappa shape index (κ3) is 2.13. The Morgan fingerprint density at radius 3 is 2.72 bits per heavy atom.